The van der Waals surface area contributed by atoms with Crippen LogP contribution in [0.2, 0.25) is 0 Å². The maximum absolute atomic E-state index is 5.75. The van der Waals surface area contributed by atoms with Crippen molar-refractivity contribution in [3.8, 4) is 0 Å². The molecule has 2 rings (SSSR count). The van der Waals surface area contributed by atoms with Gasteiger partial charge in [-0.25, -0.2) is 0 Å². The van der Waals surface area contributed by atoms with Gasteiger partial charge in [-0.3, -0.25) is 0 Å². The highest BCUT2D eigenvalue weighted by atomic mass is 16.5. The quantitative estimate of drug-likeness (QED) is 0.610. The molecule has 0 amide bonds. The number of hydrogen-bond donors (Lipinski definition) is 0. The molecule has 2 saturated carbocycles. The van der Waals surface area contributed by atoms with Crippen molar-refractivity contribution in [2.24, 2.45) is 17.8 Å². The summed E-state index contributed by atoms with van der Waals surface area (Å²) in [5, 5.41) is 0. The van der Waals surface area contributed by atoms with E-state index in [0.29, 0.717) is 6.10 Å². The van der Waals surface area contributed by atoms with Gasteiger partial charge in [0.2, 0.25) is 0 Å². The number of rotatable bonds is 6. The van der Waals surface area contributed by atoms with Crippen LogP contribution in [0.15, 0.2) is 0 Å². The van der Waals surface area contributed by atoms with E-state index in [9.17, 15) is 0 Å². The first-order valence-corrected chi connectivity index (χ1v) is 8.93. The smallest absolute Gasteiger partial charge is 0.0575 e. The molecule has 0 aromatic carbocycles. The van der Waals surface area contributed by atoms with E-state index in [0.717, 1.165) is 24.4 Å². The highest BCUT2D eigenvalue weighted by Gasteiger charge is 2.24. The third kappa shape index (κ3) is 5.10. The lowest BCUT2D eigenvalue weighted by Gasteiger charge is -2.31. The Balaban J connectivity index is 1.57. The molecule has 112 valence electrons. The largest absolute Gasteiger partial charge is 0.379 e. The molecule has 0 N–H and O–H groups in total. The van der Waals surface area contributed by atoms with Gasteiger partial charge < -0.3 is 4.74 Å². The summed E-state index contributed by atoms with van der Waals surface area (Å²) in [4.78, 5) is 0. The second kappa shape index (κ2) is 8.29. The van der Waals surface area contributed by atoms with Crippen molar-refractivity contribution in [3.63, 3.8) is 0 Å². The average Bonchev–Trinajstić information content (AvgIpc) is 2.47. The van der Waals surface area contributed by atoms with Crippen LogP contribution in [-0.2, 0) is 4.74 Å². The van der Waals surface area contributed by atoms with Crippen LogP contribution in [0.4, 0.5) is 0 Å². The van der Waals surface area contributed by atoms with E-state index >= 15 is 0 Å². The van der Waals surface area contributed by atoms with Crippen LogP contribution in [0.25, 0.3) is 0 Å². The molecule has 0 heterocycles. The van der Waals surface area contributed by atoms with Crippen LogP contribution in [0.5, 0.6) is 0 Å². The minimum atomic E-state index is 0.584. The standard InChI is InChI=1S/C18H34O/c1-3-15-5-7-16(8-6-15)9-10-17-11-13-18(14-12-17)19-4-2/h15-18H,3-14H2,1-2H3. The summed E-state index contributed by atoms with van der Waals surface area (Å²) < 4.78 is 5.75. The molecule has 2 aliphatic rings. The van der Waals surface area contributed by atoms with Gasteiger partial charge in [-0.1, -0.05) is 51.9 Å². The summed E-state index contributed by atoms with van der Waals surface area (Å²) in [7, 11) is 0. The van der Waals surface area contributed by atoms with Crippen molar-refractivity contribution in [2.45, 2.75) is 90.6 Å². The zero-order valence-electron chi connectivity index (χ0n) is 13.2. The predicted octanol–water partition coefficient (Wildman–Crippen LogP) is 5.58. The van der Waals surface area contributed by atoms with Gasteiger partial charge in [0.05, 0.1) is 6.10 Å². The lowest BCUT2D eigenvalue weighted by atomic mass is 9.76. The van der Waals surface area contributed by atoms with E-state index in [-0.39, 0.29) is 0 Å². The van der Waals surface area contributed by atoms with Gasteiger partial charge in [0.15, 0.2) is 0 Å². The molecule has 0 aromatic rings. The Morgan fingerprint density at radius 2 is 1.16 bits per heavy atom. The molecule has 1 heteroatoms. The molecule has 0 bridgehead atoms. The van der Waals surface area contributed by atoms with E-state index in [1.54, 1.807) is 0 Å². The summed E-state index contributed by atoms with van der Waals surface area (Å²) in [6.45, 7) is 5.39. The zero-order valence-corrected chi connectivity index (χ0v) is 13.2. The summed E-state index contributed by atoms with van der Waals surface area (Å²) in [5.41, 5.74) is 0. The van der Waals surface area contributed by atoms with Gasteiger partial charge in [0.25, 0.3) is 0 Å². The lowest BCUT2D eigenvalue weighted by Crippen LogP contribution is -2.22. The van der Waals surface area contributed by atoms with Crippen LogP contribution >= 0.6 is 0 Å². The fraction of sp³-hybridized carbons (Fsp3) is 1.00. The first kappa shape index (κ1) is 15.4. The molecule has 0 saturated heterocycles. The summed E-state index contributed by atoms with van der Waals surface area (Å²) in [5.74, 6) is 3.13. The van der Waals surface area contributed by atoms with E-state index in [4.69, 9.17) is 4.74 Å². The first-order valence-electron chi connectivity index (χ1n) is 8.93. The third-order valence-electron chi connectivity index (χ3n) is 5.72. The van der Waals surface area contributed by atoms with Crippen LogP contribution in [-0.4, -0.2) is 12.7 Å². The van der Waals surface area contributed by atoms with Gasteiger partial charge >= 0.3 is 0 Å². The highest BCUT2D eigenvalue weighted by Crippen LogP contribution is 2.36. The van der Waals surface area contributed by atoms with Gasteiger partial charge in [0, 0.05) is 6.61 Å². The highest BCUT2D eigenvalue weighted by molar-refractivity contribution is 4.76. The zero-order chi connectivity index (χ0) is 13.5. The average molecular weight is 266 g/mol. The van der Waals surface area contributed by atoms with Crippen LogP contribution in [0.3, 0.4) is 0 Å². The summed E-state index contributed by atoms with van der Waals surface area (Å²) >= 11 is 0. The normalized spacial score (nSPS) is 36.3. The topological polar surface area (TPSA) is 9.23 Å². The van der Waals surface area contributed by atoms with E-state index in [1.165, 1.54) is 70.6 Å². The Bertz CT molecular complexity index is 222. The third-order valence-corrected chi connectivity index (χ3v) is 5.72. The van der Waals surface area contributed by atoms with Crippen LogP contribution < -0.4 is 0 Å². The van der Waals surface area contributed by atoms with Crippen LogP contribution in [0, 0.1) is 17.8 Å². The Morgan fingerprint density at radius 3 is 1.63 bits per heavy atom. The van der Waals surface area contributed by atoms with Crippen molar-refractivity contribution >= 4 is 0 Å². The SMILES string of the molecule is CCOC1CCC(CCC2CCC(CC)CC2)CC1. The molecule has 0 unspecified atom stereocenters. The van der Waals surface area contributed by atoms with Crippen molar-refractivity contribution in [1.29, 1.82) is 0 Å². The molecule has 0 radical (unpaired) electrons. The predicted molar refractivity (Wildman–Crippen MR) is 82.3 cm³/mol. The Kier molecular flexibility index (Phi) is 6.70. The van der Waals surface area contributed by atoms with Crippen LogP contribution in [0.1, 0.15) is 84.5 Å². The Morgan fingerprint density at radius 1 is 0.684 bits per heavy atom. The molecule has 0 aliphatic heterocycles. The van der Waals surface area contributed by atoms with Crippen molar-refractivity contribution in [1.82, 2.24) is 0 Å². The molecular formula is C18H34O. The molecule has 19 heavy (non-hydrogen) atoms. The van der Waals surface area contributed by atoms with E-state index in [1.807, 2.05) is 0 Å². The van der Waals surface area contributed by atoms with Crippen molar-refractivity contribution in [3.05, 3.63) is 0 Å². The number of hydrogen-bond acceptors (Lipinski definition) is 1. The molecule has 1 nitrogen and oxygen atoms in total. The Hall–Kier alpha value is -0.0400. The second-order valence-electron chi connectivity index (χ2n) is 6.97. The molecular weight excluding hydrogens is 232 g/mol. The summed E-state index contributed by atoms with van der Waals surface area (Å²) in [6, 6.07) is 0. The fourth-order valence-electron chi connectivity index (χ4n) is 4.22. The van der Waals surface area contributed by atoms with E-state index in [2.05, 4.69) is 13.8 Å². The minimum absolute atomic E-state index is 0.584. The summed E-state index contributed by atoms with van der Waals surface area (Å²) in [6.07, 6.45) is 16.6. The van der Waals surface area contributed by atoms with Crippen molar-refractivity contribution in [2.75, 3.05) is 6.61 Å². The fourth-order valence-corrected chi connectivity index (χ4v) is 4.22. The number of ether oxygens (including phenoxy) is 1. The van der Waals surface area contributed by atoms with Crippen molar-refractivity contribution < 1.29 is 4.74 Å². The van der Waals surface area contributed by atoms with Gasteiger partial charge in [0.1, 0.15) is 0 Å². The van der Waals surface area contributed by atoms with E-state index < -0.39 is 0 Å². The Labute approximate surface area is 120 Å². The van der Waals surface area contributed by atoms with Gasteiger partial charge in [-0.05, 0) is 50.4 Å². The maximum atomic E-state index is 5.75. The second-order valence-corrected chi connectivity index (χ2v) is 6.97. The lowest BCUT2D eigenvalue weighted by molar-refractivity contribution is 0.0238. The first-order chi connectivity index (χ1) is 9.31. The molecule has 2 fully saturated rings. The van der Waals surface area contributed by atoms with Gasteiger partial charge in [-0.15, -0.1) is 0 Å². The molecule has 2 aliphatic carbocycles. The monoisotopic (exact) mass is 266 g/mol. The molecule has 0 aromatic heterocycles. The maximum Gasteiger partial charge on any atom is 0.0575 e. The molecule has 0 spiro atoms. The van der Waals surface area contributed by atoms with Gasteiger partial charge in [-0.2, -0.15) is 0 Å². The minimum Gasteiger partial charge on any atom is -0.379 e. The molecule has 0 atom stereocenters.